The second-order valence-electron chi connectivity index (χ2n) is 23.0. The summed E-state index contributed by atoms with van der Waals surface area (Å²) in [5, 5.41) is 5.16. The van der Waals surface area contributed by atoms with Crippen molar-refractivity contribution >= 4 is 81.6 Å². The highest BCUT2D eigenvalue weighted by Gasteiger charge is 2.46. The molecule has 3 nitrogen and oxygen atoms in total. The maximum absolute atomic E-state index is 7.35. The highest BCUT2D eigenvalue weighted by molar-refractivity contribution is 9.10. The molecule has 0 N–H and O–H groups in total. The Morgan fingerprint density at radius 2 is 1.27 bits per heavy atom. The number of hydrogen-bond acceptors (Lipinski definition) is 2. The molecule has 0 unspecified atom stereocenters. The number of nitrogens with zero attached hydrogens (tertiary/aromatic N) is 2. The Bertz CT molecular complexity index is 3150. The van der Waals surface area contributed by atoms with Gasteiger partial charge < -0.3 is 9.64 Å². The van der Waals surface area contributed by atoms with Crippen LogP contribution in [0, 0.1) is 5.41 Å². The third-order valence-corrected chi connectivity index (χ3v) is 16.2. The first-order valence-corrected chi connectivity index (χ1v) is 27.5. The van der Waals surface area contributed by atoms with Gasteiger partial charge in [-0.1, -0.05) is 168 Å². The van der Waals surface area contributed by atoms with E-state index in [0.29, 0.717) is 0 Å². The molecule has 0 saturated heterocycles. The lowest BCUT2D eigenvalue weighted by molar-refractivity contribution is -0.438. The van der Waals surface area contributed by atoms with Gasteiger partial charge in [-0.3, -0.25) is 0 Å². The summed E-state index contributed by atoms with van der Waals surface area (Å²) in [4.78, 5) is 2.61. The van der Waals surface area contributed by atoms with Gasteiger partial charge in [0.15, 0.2) is 5.71 Å². The van der Waals surface area contributed by atoms with E-state index in [9.17, 15) is 0 Å². The van der Waals surface area contributed by atoms with Crippen LogP contribution >= 0.6 is 31.9 Å². The molecule has 0 bridgehead atoms. The van der Waals surface area contributed by atoms with Gasteiger partial charge in [0, 0.05) is 67.6 Å². The molecule has 6 aromatic rings. The van der Waals surface area contributed by atoms with Crippen molar-refractivity contribution < 1.29 is 9.31 Å². The van der Waals surface area contributed by atoms with Crippen molar-refractivity contribution in [2.45, 2.75) is 137 Å². The number of ether oxygens (including phenoxy) is 1. The SMILES string of the molecule is CCCCCN1/C(=C/C=C2C(Oc3ccc(C(C)(C)CC(C)(C)C)cc3)=C(/C=C/C3=[N+](CCCCC)c4ccc5cc(Br)ccc5c4C3(C)C)c3ccccc3/2)C(C)(C)c2c1ccc1cc(Br)ccc21. The third-order valence-electron chi connectivity index (χ3n) is 15.2. The lowest BCUT2D eigenvalue weighted by Gasteiger charge is -2.33. The lowest BCUT2D eigenvalue weighted by Crippen LogP contribution is -2.28. The molecule has 2 aliphatic heterocycles. The van der Waals surface area contributed by atoms with Crippen molar-refractivity contribution in [1.29, 1.82) is 0 Å². The van der Waals surface area contributed by atoms with E-state index < -0.39 is 0 Å². The van der Waals surface area contributed by atoms with E-state index in [1.165, 1.54) is 97.8 Å². The number of fused-ring (bicyclic) bond motifs is 7. The second-order valence-corrected chi connectivity index (χ2v) is 24.8. The number of unbranched alkanes of at least 4 members (excludes halogenated alkanes) is 4. The quantitative estimate of drug-likeness (QED) is 0.0752. The van der Waals surface area contributed by atoms with Gasteiger partial charge in [0.1, 0.15) is 18.1 Å². The van der Waals surface area contributed by atoms with Crippen LogP contribution in [0.1, 0.15) is 149 Å². The van der Waals surface area contributed by atoms with Crippen LogP contribution in [0.15, 0.2) is 154 Å². The third kappa shape index (κ3) is 9.47. The fourth-order valence-corrected chi connectivity index (χ4v) is 13.0. The van der Waals surface area contributed by atoms with Crippen LogP contribution in [-0.4, -0.2) is 23.4 Å². The molecule has 6 aromatic carbocycles. The van der Waals surface area contributed by atoms with Gasteiger partial charge in [-0.25, -0.2) is 0 Å². The molecular weight excluding hydrogens is 985 g/mol. The van der Waals surface area contributed by atoms with Crippen LogP contribution < -0.4 is 9.64 Å². The Kier molecular flexibility index (Phi) is 14.0. The predicted molar refractivity (Wildman–Crippen MR) is 308 cm³/mol. The molecule has 5 heteroatoms. The first-order valence-electron chi connectivity index (χ1n) is 26.0. The maximum atomic E-state index is 7.35. The minimum atomic E-state index is -0.242. The minimum absolute atomic E-state index is 0.0228. The van der Waals surface area contributed by atoms with Gasteiger partial charge in [-0.2, -0.15) is 4.58 Å². The summed E-state index contributed by atoms with van der Waals surface area (Å²) in [6.07, 6.45) is 17.7. The van der Waals surface area contributed by atoms with Gasteiger partial charge in [0.2, 0.25) is 5.69 Å². The number of hydrogen-bond donors (Lipinski definition) is 0. The summed E-state index contributed by atoms with van der Waals surface area (Å²) in [5.41, 5.74) is 13.7. The standard InChI is InChI=1S/C65H73Br2N2O/c1-12-14-18-38-68-55-34-22-43-40-46(66)26-30-49(43)59(55)64(8,9)57(68)36-32-53-51-20-16-17-21-52(51)54(61(53)70-48-28-24-45(25-29-48)63(6,7)42-62(3,4)5)33-37-58-65(10,11)60-50-31-27-47(67)41-44(50)23-35-56(60)69(58)39-19-15-13-2/h16-17,20-37,40-41H,12-15,18-19,38-39,42H2,1-11H3/q+1. The van der Waals surface area contributed by atoms with Crippen molar-refractivity contribution in [1.82, 2.24) is 0 Å². The Morgan fingerprint density at radius 3 is 1.93 bits per heavy atom. The Morgan fingerprint density at radius 1 is 0.643 bits per heavy atom. The van der Waals surface area contributed by atoms with E-state index >= 15 is 0 Å². The molecule has 0 saturated carbocycles. The van der Waals surface area contributed by atoms with Gasteiger partial charge in [-0.15, -0.1) is 0 Å². The molecule has 70 heavy (non-hydrogen) atoms. The number of allylic oxidation sites excluding steroid dienone is 7. The van der Waals surface area contributed by atoms with E-state index in [1.54, 1.807) is 0 Å². The zero-order chi connectivity index (χ0) is 49.8. The monoisotopic (exact) mass is 1060 g/mol. The van der Waals surface area contributed by atoms with Crippen molar-refractivity contribution in [3.8, 4) is 5.75 Å². The minimum Gasteiger partial charge on any atom is -0.456 e. The lowest BCUT2D eigenvalue weighted by atomic mass is 9.72. The van der Waals surface area contributed by atoms with E-state index in [2.05, 4.69) is 251 Å². The highest BCUT2D eigenvalue weighted by atomic mass is 79.9. The predicted octanol–water partition coefficient (Wildman–Crippen LogP) is 19.1. The molecule has 2 heterocycles. The maximum Gasteiger partial charge on any atom is 0.210 e. The van der Waals surface area contributed by atoms with Crippen LogP contribution in [0.5, 0.6) is 5.75 Å². The van der Waals surface area contributed by atoms with Crippen LogP contribution in [0.4, 0.5) is 11.4 Å². The van der Waals surface area contributed by atoms with Crippen molar-refractivity contribution in [3.63, 3.8) is 0 Å². The molecule has 0 aromatic heterocycles. The number of anilines is 1. The molecule has 0 spiro atoms. The first-order chi connectivity index (χ1) is 33.3. The molecule has 0 atom stereocenters. The fourth-order valence-electron chi connectivity index (χ4n) is 12.3. The Balaban J connectivity index is 1.22. The average Bonchev–Trinajstić information content (AvgIpc) is 3.81. The smallest absolute Gasteiger partial charge is 0.210 e. The van der Waals surface area contributed by atoms with Crippen molar-refractivity contribution in [3.05, 3.63) is 182 Å². The largest absolute Gasteiger partial charge is 0.456 e. The zero-order valence-electron chi connectivity index (χ0n) is 43.6. The molecule has 1 aliphatic carbocycles. The van der Waals surface area contributed by atoms with Crippen LogP contribution in [0.2, 0.25) is 0 Å². The molecule has 362 valence electrons. The summed E-state index contributed by atoms with van der Waals surface area (Å²) < 4.78 is 12.2. The second kappa shape index (κ2) is 19.6. The fraction of sp³-hybridized carbons (Fsp3) is 0.369. The average molecular weight is 1060 g/mol. The highest BCUT2D eigenvalue weighted by Crippen LogP contribution is 2.52. The van der Waals surface area contributed by atoms with Gasteiger partial charge >= 0.3 is 0 Å². The van der Waals surface area contributed by atoms with E-state index in [1.807, 2.05) is 0 Å². The van der Waals surface area contributed by atoms with Crippen molar-refractivity contribution in [2.24, 2.45) is 5.41 Å². The summed E-state index contributed by atoms with van der Waals surface area (Å²) in [7, 11) is 0. The molecule has 3 aliphatic rings. The van der Waals surface area contributed by atoms with E-state index in [4.69, 9.17) is 4.74 Å². The normalized spacial score (nSPS) is 17.5. The van der Waals surface area contributed by atoms with Gasteiger partial charge in [0.25, 0.3) is 0 Å². The molecular formula is C65H73Br2N2O+. The van der Waals surface area contributed by atoms with Gasteiger partial charge in [-0.05, 0) is 154 Å². The number of rotatable bonds is 15. The molecule has 0 fully saturated rings. The summed E-state index contributed by atoms with van der Waals surface area (Å²) >= 11 is 7.50. The number of halogens is 2. The van der Waals surface area contributed by atoms with E-state index in [-0.39, 0.29) is 21.7 Å². The summed E-state index contributed by atoms with van der Waals surface area (Å²) in [6, 6.07) is 40.7. The van der Waals surface area contributed by atoms with Crippen molar-refractivity contribution in [2.75, 3.05) is 18.0 Å². The first kappa shape index (κ1) is 50.0. The summed E-state index contributed by atoms with van der Waals surface area (Å²) in [5.74, 6) is 1.73. The Labute approximate surface area is 436 Å². The summed E-state index contributed by atoms with van der Waals surface area (Å²) in [6.45, 7) is 27.9. The van der Waals surface area contributed by atoms with Gasteiger partial charge in [0.05, 0.1) is 5.41 Å². The molecule has 9 rings (SSSR count). The topological polar surface area (TPSA) is 15.5 Å². The zero-order valence-corrected chi connectivity index (χ0v) is 46.8. The van der Waals surface area contributed by atoms with Crippen LogP contribution in [0.25, 0.3) is 32.7 Å². The Hall–Kier alpha value is -4.97. The molecule has 0 radical (unpaired) electrons. The number of benzene rings is 6. The van der Waals surface area contributed by atoms with E-state index in [0.717, 1.165) is 64.0 Å². The van der Waals surface area contributed by atoms with Crippen LogP contribution in [-0.2, 0) is 16.2 Å². The molecule has 0 amide bonds. The van der Waals surface area contributed by atoms with Crippen LogP contribution in [0.3, 0.4) is 0 Å².